The summed E-state index contributed by atoms with van der Waals surface area (Å²) in [6.45, 7) is 3.23. The maximum atomic E-state index is 8.82. The first-order valence-corrected chi connectivity index (χ1v) is 7.08. The molecule has 1 heterocycles. The van der Waals surface area contributed by atoms with E-state index in [-0.39, 0.29) is 0 Å². The average Bonchev–Trinajstić information content (AvgIpc) is 2.34. The molecule has 0 aliphatic carbocycles. The number of hydrogen-bond donors (Lipinski definition) is 0. The Morgan fingerprint density at radius 3 is 2.39 bits per heavy atom. The standard InChI is InChI=1S/C15H19ClN2/c16-15-10-13(11-17)6-7-14(15)12-18-8-4-2-1-3-5-9-18/h6-7,10H,1-5,8-9,12H2. The third-order valence-electron chi connectivity index (χ3n) is 3.52. The van der Waals surface area contributed by atoms with Crippen LogP contribution in [0.5, 0.6) is 0 Å². The fraction of sp³-hybridized carbons (Fsp3) is 0.533. The molecule has 0 atom stereocenters. The number of rotatable bonds is 2. The summed E-state index contributed by atoms with van der Waals surface area (Å²) < 4.78 is 0. The normalized spacial score (nSPS) is 17.8. The maximum Gasteiger partial charge on any atom is 0.0992 e. The lowest BCUT2D eigenvalue weighted by atomic mass is 10.1. The van der Waals surface area contributed by atoms with Gasteiger partial charge in [-0.3, -0.25) is 4.90 Å². The second kappa shape index (κ2) is 6.78. The van der Waals surface area contributed by atoms with Crippen molar-refractivity contribution in [2.45, 2.75) is 38.6 Å². The average molecular weight is 263 g/mol. The molecule has 0 radical (unpaired) electrons. The molecule has 0 unspecified atom stereocenters. The van der Waals surface area contributed by atoms with Crippen molar-refractivity contribution < 1.29 is 0 Å². The Labute approximate surface area is 114 Å². The molecular formula is C15H19ClN2. The highest BCUT2D eigenvalue weighted by molar-refractivity contribution is 6.31. The van der Waals surface area contributed by atoms with Gasteiger partial charge < -0.3 is 0 Å². The Morgan fingerprint density at radius 1 is 1.11 bits per heavy atom. The number of benzene rings is 1. The van der Waals surface area contributed by atoms with E-state index in [4.69, 9.17) is 16.9 Å². The number of hydrogen-bond acceptors (Lipinski definition) is 2. The predicted octanol–water partition coefficient (Wildman–Crippen LogP) is 3.98. The zero-order valence-electron chi connectivity index (χ0n) is 10.7. The second-order valence-electron chi connectivity index (χ2n) is 4.96. The summed E-state index contributed by atoms with van der Waals surface area (Å²) in [6.07, 6.45) is 6.64. The van der Waals surface area contributed by atoms with Crippen LogP contribution in [0.2, 0.25) is 5.02 Å². The van der Waals surface area contributed by atoms with Gasteiger partial charge in [0.15, 0.2) is 0 Å². The molecule has 1 aromatic carbocycles. The molecular weight excluding hydrogens is 244 g/mol. The van der Waals surface area contributed by atoms with Gasteiger partial charge in [0.1, 0.15) is 0 Å². The van der Waals surface area contributed by atoms with Gasteiger partial charge in [0.2, 0.25) is 0 Å². The van der Waals surface area contributed by atoms with E-state index in [1.165, 1.54) is 32.1 Å². The van der Waals surface area contributed by atoms with Crippen LogP contribution in [0.15, 0.2) is 18.2 Å². The molecule has 1 saturated heterocycles. The highest BCUT2D eigenvalue weighted by atomic mass is 35.5. The Bertz CT molecular complexity index is 429. The van der Waals surface area contributed by atoms with Crippen molar-refractivity contribution >= 4 is 11.6 Å². The minimum Gasteiger partial charge on any atom is -0.299 e. The number of halogens is 1. The summed E-state index contributed by atoms with van der Waals surface area (Å²) in [5.41, 5.74) is 1.77. The third-order valence-corrected chi connectivity index (χ3v) is 3.88. The number of likely N-dealkylation sites (tertiary alicyclic amines) is 1. The van der Waals surface area contributed by atoms with Crippen LogP contribution in [0.25, 0.3) is 0 Å². The van der Waals surface area contributed by atoms with E-state index < -0.39 is 0 Å². The topological polar surface area (TPSA) is 27.0 Å². The lowest BCUT2D eigenvalue weighted by Crippen LogP contribution is -2.27. The molecule has 1 aliphatic heterocycles. The van der Waals surface area contributed by atoms with Crippen LogP contribution in [0.4, 0.5) is 0 Å². The summed E-state index contributed by atoms with van der Waals surface area (Å²) in [5.74, 6) is 0. The molecule has 0 aromatic heterocycles. The van der Waals surface area contributed by atoms with Gasteiger partial charge in [-0.1, -0.05) is 36.9 Å². The van der Waals surface area contributed by atoms with Crippen molar-refractivity contribution in [3.63, 3.8) is 0 Å². The largest absolute Gasteiger partial charge is 0.299 e. The highest BCUT2D eigenvalue weighted by Crippen LogP contribution is 2.21. The molecule has 0 N–H and O–H groups in total. The fourth-order valence-electron chi connectivity index (χ4n) is 2.46. The third kappa shape index (κ3) is 3.73. The summed E-state index contributed by atoms with van der Waals surface area (Å²) in [7, 11) is 0. The van der Waals surface area contributed by atoms with E-state index in [9.17, 15) is 0 Å². The van der Waals surface area contributed by atoms with Crippen molar-refractivity contribution in [2.75, 3.05) is 13.1 Å². The van der Waals surface area contributed by atoms with Crippen LogP contribution in [-0.2, 0) is 6.54 Å². The zero-order chi connectivity index (χ0) is 12.8. The first-order chi connectivity index (χ1) is 8.79. The zero-order valence-corrected chi connectivity index (χ0v) is 11.4. The number of nitrogens with zero attached hydrogens (tertiary/aromatic N) is 2. The Kier molecular flexibility index (Phi) is 5.04. The monoisotopic (exact) mass is 262 g/mol. The summed E-state index contributed by atoms with van der Waals surface area (Å²) in [6, 6.07) is 7.72. The van der Waals surface area contributed by atoms with Gasteiger partial charge in [-0.05, 0) is 43.6 Å². The van der Waals surface area contributed by atoms with Crippen LogP contribution < -0.4 is 0 Å². The molecule has 0 spiro atoms. The van der Waals surface area contributed by atoms with Gasteiger partial charge >= 0.3 is 0 Å². The first kappa shape index (κ1) is 13.4. The first-order valence-electron chi connectivity index (χ1n) is 6.70. The van der Waals surface area contributed by atoms with Crippen LogP contribution in [0.3, 0.4) is 0 Å². The Morgan fingerprint density at radius 2 is 1.78 bits per heavy atom. The van der Waals surface area contributed by atoms with Crippen molar-refractivity contribution in [1.82, 2.24) is 4.90 Å². The molecule has 3 heteroatoms. The molecule has 2 nitrogen and oxygen atoms in total. The molecule has 1 aliphatic rings. The lowest BCUT2D eigenvalue weighted by Gasteiger charge is -2.24. The summed E-state index contributed by atoms with van der Waals surface area (Å²) >= 11 is 6.22. The van der Waals surface area contributed by atoms with Gasteiger partial charge in [-0.2, -0.15) is 5.26 Å². The van der Waals surface area contributed by atoms with Gasteiger partial charge in [-0.25, -0.2) is 0 Å². The van der Waals surface area contributed by atoms with Gasteiger partial charge in [-0.15, -0.1) is 0 Å². The quantitative estimate of drug-likeness (QED) is 0.806. The minimum absolute atomic E-state index is 0.636. The lowest BCUT2D eigenvalue weighted by molar-refractivity contribution is 0.240. The minimum atomic E-state index is 0.636. The molecule has 96 valence electrons. The van der Waals surface area contributed by atoms with Crippen LogP contribution >= 0.6 is 11.6 Å². The predicted molar refractivity (Wildman–Crippen MR) is 74.5 cm³/mol. The van der Waals surface area contributed by atoms with Crippen molar-refractivity contribution in [3.05, 3.63) is 34.3 Å². The molecule has 2 rings (SSSR count). The highest BCUT2D eigenvalue weighted by Gasteiger charge is 2.10. The van der Waals surface area contributed by atoms with Gasteiger partial charge in [0.05, 0.1) is 11.6 Å². The van der Waals surface area contributed by atoms with Gasteiger partial charge in [0.25, 0.3) is 0 Å². The van der Waals surface area contributed by atoms with Crippen LogP contribution in [-0.4, -0.2) is 18.0 Å². The second-order valence-corrected chi connectivity index (χ2v) is 5.37. The Hall–Kier alpha value is -1.04. The molecule has 0 amide bonds. The van der Waals surface area contributed by atoms with E-state index in [0.717, 1.165) is 30.2 Å². The smallest absolute Gasteiger partial charge is 0.0992 e. The maximum absolute atomic E-state index is 8.82. The van der Waals surface area contributed by atoms with E-state index in [1.807, 2.05) is 12.1 Å². The van der Waals surface area contributed by atoms with Crippen LogP contribution in [0, 0.1) is 11.3 Å². The SMILES string of the molecule is N#Cc1ccc(CN2CCCCCCC2)c(Cl)c1. The van der Waals surface area contributed by atoms with Crippen molar-refractivity contribution in [2.24, 2.45) is 0 Å². The number of nitriles is 1. The fourth-order valence-corrected chi connectivity index (χ4v) is 2.70. The molecule has 0 bridgehead atoms. The van der Waals surface area contributed by atoms with E-state index >= 15 is 0 Å². The van der Waals surface area contributed by atoms with E-state index in [1.54, 1.807) is 6.07 Å². The Balaban J connectivity index is 2.01. The molecule has 1 fully saturated rings. The van der Waals surface area contributed by atoms with Crippen molar-refractivity contribution in [1.29, 1.82) is 5.26 Å². The van der Waals surface area contributed by atoms with E-state index in [2.05, 4.69) is 11.0 Å². The molecule has 0 saturated carbocycles. The van der Waals surface area contributed by atoms with E-state index in [0.29, 0.717) is 5.56 Å². The summed E-state index contributed by atoms with van der Waals surface area (Å²) in [4.78, 5) is 2.48. The van der Waals surface area contributed by atoms with Crippen LogP contribution in [0.1, 0.15) is 43.2 Å². The molecule has 18 heavy (non-hydrogen) atoms. The summed E-state index contributed by atoms with van der Waals surface area (Å²) in [5, 5.41) is 9.54. The molecule has 1 aromatic rings. The van der Waals surface area contributed by atoms with Gasteiger partial charge in [0, 0.05) is 11.6 Å². The van der Waals surface area contributed by atoms with Crippen molar-refractivity contribution in [3.8, 4) is 6.07 Å².